The topological polar surface area (TPSA) is 164 Å². The van der Waals surface area contributed by atoms with Crippen molar-refractivity contribution >= 4 is 21.6 Å². The summed E-state index contributed by atoms with van der Waals surface area (Å²) in [6.45, 7) is 6.08. The number of hydrogen-bond donors (Lipinski definition) is 2. The average molecular weight is 588 g/mol. The lowest BCUT2D eigenvalue weighted by atomic mass is 10.2. The van der Waals surface area contributed by atoms with Gasteiger partial charge in [-0.15, -0.1) is 0 Å². The Morgan fingerprint density at radius 3 is 2.61 bits per heavy atom. The lowest BCUT2D eigenvalue weighted by Crippen LogP contribution is -2.32. The third-order valence-corrected chi connectivity index (χ3v) is 8.33. The van der Waals surface area contributed by atoms with Gasteiger partial charge in [0.25, 0.3) is 11.6 Å². The summed E-state index contributed by atoms with van der Waals surface area (Å²) < 4.78 is 47.5. The minimum Gasteiger partial charge on any atom is -0.497 e. The fraction of sp³-hybridized carbons (Fsp3) is 0.407. The zero-order valence-corrected chi connectivity index (χ0v) is 24.1. The number of nitrogens with one attached hydrogen (secondary N) is 2. The molecule has 2 heterocycles. The molecule has 0 bridgehead atoms. The lowest BCUT2D eigenvalue weighted by Gasteiger charge is -2.16. The number of sulfonamides is 1. The van der Waals surface area contributed by atoms with Gasteiger partial charge in [-0.3, -0.25) is 14.9 Å². The van der Waals surface area contributed by atoms with E-state index in [4.69, 9.17) is 14.2 Å². The first-order chi connectivity index (χ1) is 19.5. The summed E-state index contributed by atoms with van der Waals surface area (Å²) in [6.07, 6.45) is 2.19. The van der Waals surface area contributed by atoms with Crippen molar-refractivity contribution in [3.8, 4) is 23.1 Å². The van der Waals surface area contributed by atoms with E-state index < -0.39 is 37.5 Å². The second kappa shape index (κ2) is 12.7. The van der Waals surface area contributed by atoms with E-state index in [0.717, 1.165) is 25.0 Å². The Kier molecular flexibility index (Phi) is 9.25. The Morgan fingerprint density at radius 2 is 2.00 bits per heavy atom. The third kappa shape index (κ3) is 6.84. The molecular formula is C27H33N5O8S. The van der Waals surface area contributed by atoms with Crippen molar-refractivity contribution in [1.29, 1.82) is 0 Å². The van der Waals surface area contributed by atoms with E-state index in [1.165, 1.54) is 17.9 Å². The van der Waals surface area contributed by atoms with E-state index in [1.807, 2.05) is 0 Å². The van der Waals surface area contributed by atoms with Gasteiger partial charge in [-0.2, -0.15) is 9.78 Å². The average Bonchev–Trinajstić information content (AvgIpc) is 3.59. The van der Waals surface area contributed by atoms with Crippen molar-refractivity contribution in [3.05, 3.63) is 63.8 Å². The van der Waals surface area contributed by atoms with Crippen molar-refractivity contribution in [2.24, 2.45) is 0 Å². The summed E-state index contributed by atoms with van der Waals surface area (Å²) in [5.41, 5.74) is 0.489. The van der Waals surface area contributed by atoms with Crippen LogP contribution in [0.2, 0.25) is 0 Å². The summed E-state index contributed by atoms with van der Waals surface area (Å²) in [5, 5.41) is 18.8. The monoisotopic (exact) mass is 587 g/mol. The van der Waals surface area contributed by atoms with Gasteiger partial charge >= 0.3 is 0 Å². The molecule has 1 saturated heterocycles. The molecule has 0 radical (unpaired) electrons. The van der Waals surface area contributed by atoms with Crippen LogP contribution in [-0.4, -0.2) is 61.4 Å². The van der Waals surface area contributed by atoms with Gasteiger partial charge in [-0.1, -0.05) is 6.92 Å². The fourth-order valence-corrected chi connectivity index (χ4v) is 5.70. The highest BCUT2D eigenvalue weighted by Gasteiger charge is 2.29. The SMILES string of the molecule is CC[C@H](C)NS(=O)(=O)c1cc([N+](=O)[O-])ccc1Oc1c(C)c(C(=O)NC[C@H]2CCCO2)nn1-c1ccc(OC)cc1. The molecule has 220 valence electrons. The van der Waals surface area contributed by atoms with E-state index in [1.54, 1.807) is 45.0 Å². The van der Waals surface area contributed by atoms with Crippen LogP contribution in [0.15, 0.2) is 47.4 Å². The Bertz CT molecular complexity index is 1520. The first kappa shape index (κ1) is 30.0. The standard InChI is InChI=1S/C27H33N5O8S/c1-5-17(2)30-41(36,37)24-15-20(32(34)35)10-13-23(24)40-27-18(3)25(26(33)28-16-22-7-6-14-39-22)29-31(27)19-8-11-21(38-4)12-9-19/h8-13,15,17,22,30H,5-7,14,16H2,1-4H3,(H,28,33)/t17-,22+/m0/s1. The summed E-state index contributed by atoms with van der Waals surface area (Å²) in [6, 6.07) is 9.67. The second-order valence-corrected chi connectivity index (χ2v) is 11.3. The number of nitro groups is 1. The number of hydrogen-bond acceptors (Lipinski definition) is 9. The van der Waals surface area contributed by atoms with E-state index >= 15 is 0 Å². The van der Waals surface area contributed by atoms with Gasteiger partial charge < -0.3 is 19.5 Å². The predicted molar refractivity (Wildman–Crippen MR) is 149 cm³/mol. The van der Waals surface area contributed by atoms with E-state index in [2.05, 4.69) is 15.1 Å². The number of carbonyl (C=O) groups excluding carboxylic acids is 1. The summed E-state index contributed by atoms with van der Waals surface area (Å²) in [4.78, 5) is 23.6. The number of nitrogens with zero attached hydrogens (tertiary/aromatic N) is 3. The molecule has 1 fully saturated rings. The number of rotatable bonds is 12. The fourth-order valence-electron chi connectivity index (χ4n) is 4.23. The third-order valence-electron chi connectivity index (χ3n) is 6.72. The van der Waals surface area contributed by atoms with E-state index in [-0.39, 0.29) is 23.4 Å². The highest BCUT2D eigenvalue weighted by molar-refractivity contribution is 7.89. The van der Waals surface area contributed by atoms with Gasteiger partial charge in [-0.25, -0.2) is 13.1 Å². The summed E-state index contributed by atoms with van der Waals surface area (Å²) in [5.74, 6) is 0.0290. The van der Waals surface area contributed by atoms with E-state index in [9.17, 15) is 23.3 Å². The zero-order valence-electron chi connectivity index (χ0n) is 23.2. The number of nitro benzene ring substituents is 1. The molecule has 13 nitrogen and oxygen atoms in total. The van der Waals surface area contributed by atoms with Crippen LogP contribution < -0.4 is 19.5 Å². The molecule has 0 aliphatic carbocycles. The van der Waals surface area contributed by atoms with Crippen LogP contribution in [0.1, 0.15) is 49.2 Å². The van der Waals surface area contributed by atoms with Gasteiger partial charge in [-0.05, 0) is 63.4 Å². The number of carbonyl (C=O) groups is 1. The molecule has 0 spiro atoms. The van der Waals surface area contributed by atoms with Crippen LogP contribution in [0.25, 0.3) is 5.69 Å². The van der Waals surface area contributed by atoms with Gasteiger partial charge in [0.05, 0.1) is 23.8 Å². The maximum absolute atomic E-state index is 13.3. The Labute approximate surface area is 238 Å². The van der Waals surface area contributed by atoms with Gasteiger partial charge in [0.1, 0.15) is 16.4 Å². The minimum atomic E-state index is -4.22. The summed E-state index contributed by atoms with van der Waals surface area (Å²) in [7, 11) is -2.69. The second-order valence-electron chi connectivity index (χ2n) is 9.65. The van der Waals surface area contributed by atoms with Crippen molar-refractivity contribution in [1.82, 2.24) is 19.8 Å². The molecule has 3 aromatic rings. The summed E-state index contributed by atoms with van der Waals surface area (Å²) >= 11 is 0. The Morgan fingerprint density at radius 1 is 1.27 bits per heavy atom. The van der Waals surface area contributed by atoms with Gasteiger partial charge in [0.2, 0.25) is 15.9 Å². The minimum absolute atomic E-state index is 0.0614. The maximum Gasteiger partial charge on any atom is 0.272 e. The molecule has 2 atom stereocenters. The van der Waals surface area contributed by atoms with Crippen LogP contribution in [0.4, 0.5) is 5.69 Å². The first-order valence-corrected chi connectivity index (χ1v) is 14.6. The van der Waals surface area contributed by atoms with Crippen molar-refractivity contribution < 1.29 is 32.3 Å². The van der Waals surface area contributed by atoms with Crippen LogP contribution in [0, 0.1) is 17.0 Å². The van der Waals surface area contributed by atoms with Crippen LogP contribution in [0.5, 0.6) is 17.4 Å². The molecule has 1 aliphatic rings. The molecule has 0 unspecified atom stereocenters. The molecule has 1 aromatic heterocycles. The van der Waals surface area contributed by atoms with Crippen molar-refractivity contribution in [2.75, 3.05) is 20.3 Å². The zero-order chi connectivity index (χ0) is 29.7. The number of ether oxygens (including phenoxy) is 3. The highest BCUT2D eigenvalue weighted by atomic mass is 32.2. The number of benzene rings is 2. The number of non-ortho nitro benzene ring substituents is 1. The van der Waals surface area contributed by atoms with Crippen LogP contribution >= 0.6 is 0 Å². The van der Waals surface area contributed by atoms with Crippen LogP contribution in [-0.2, 0) is 14.8 Å². The molecule has 41 heavy (non-hydrogen) atoms. The van der Waals surface area contributed by atoms with Crippen molar-refractivity contribution in [3.63, 3.8) is 0 Å². The highest BCUT2D eigenvalue weighted by Crippen LogP contribution is 2.36. The lowest BCUT2D eigenvalue weighted by molar-refractivity contribution is -0.385. The number of methoxy groups -OCH3 is 1. The van der Waals surface area contributed by atoms with Gasteiger partial charge in [0, 0.05) is 36.9 Å². The molecule has 1 aliphatic heterocycles. The van der Waals surface area contributed by atoms with Crippen LogP contribution in [0.3, 0.4) is 0 Å². The quantitative estimate of drug-likeness (QED) is 0.236. The Balaban J connectivity index is 1.79. The molecule has 14 heteroatoms. The molecule has 1 amide bonds. The smallest absolute Gasteiger partial charge is 0.272 e. The largest absolute Gasteiger partial charge is 0.497 e. The number of amides is 1. The Hall–Kier alpha value is -4.01. The number of aromatic nitrogens is 2. The maximum atomic E-state index is 13.3. The molecule has 0 saturated carbocycles. The van der Waals surface area contributed by atoms with Crippen molar-refractivity contribution in [2.45, 2.75) is 57.1 Å². The molecular weight excluding hydrogens is 554 g/mol. The normalized spacial score (nSPS) is 15.9. The molecule has 2 N–H and O–H groups in total. The first-order valence-electron chi connectivity index (χ1n) is 13.2. The molecule has 2 aromatic carbocycles. The van der Waals surface area contributed by atoms with Gasteiger partial charge in [0.15, 0.2) is 5.69 Å². The molecule has 4 rings (SSSR count). The predicted octanol–water partition coefficient (Wildman–Crippen LogP) is 3.88. The van der Waals surface area contributed by atoms with E-state index in [0.29, 0.717) is 36.6 Å².